The van der Waals surface area contributed by atoms with Crippen molar-refractivity contribution in [3.63, 3.8) is 0 Å². The molecule has 0 saturated heterocycles. The standard InChI is InChI=1S/C8H2Cl2F6/c9-8(10,16)7(14,15)3-1-5(12)6(13)2-4(3)11/h1-2H. The van der Waals surface area contributed by atoms with Crippen molar-refractivity contribution in [2.45, 2.75) is 10.5 Å². The zero-order chi connectivity index (χ0) is 12.7. The maximum atomic E-state index is 13.1. The van der Waals surface area contributed by atoms with Gasteiger partial charge in [-0.15, -0.1) is 0 Å². The molecule has 16 heavy (non-hydrogen) atoms. The van der Waals surface area contributed by atoms with E-state index in [1.165, 1.54) is 0 Å². The SMILES string of the molecule is Fc1cc(F)c(C(F)(F)C(F)(Cl)Cl)cc1F. The van der Waals surface area contributed by atoms with Gasteiger partial charge in [0.05, 0.1) is 5.56 Å². The van der Waals surface area contributed by atoms with Crippen molar-refractivity contribution in [3.05, 3.63) is 35.1 Å². The Labute approximate surface area is 95.8 Å². The fourth-order valence-electron chi connectivity index (χ4n) is 0.916. The monoisotopic (exact) mass is 282 g/mol. The van der Waals surface area contributed by atoms with Crippen molar-refractivity contribution in [1.29, 1.82) is 0 Å². The molecule has 0 amide bonds. The van der Waals surface area contributed by atoms with Crippen molar-refractivity contribution >= 4 is 23.2 Å². The van der Waals surface area contributed by atoms with E-state index >= 15 is 0 Å². The van der Waals surface area contributed by atoms with Gasteiger partial charge in [-0.3, -0.25) is 0 Å². The van der Waals surface area contributed by atoms with Crippen molar-refractivity contribution in [3.8, 4) is 0 Å². The van der Waals surface area contributed by atoms with Crippen molar-refractivity contribution in [2.75, 3.05) is 0 Å². The fraction of sp³-hybridized carbons (Fsp3) is 0.250. The van der Waals surface area contributed by atoms with E-state index in [2.05, 4.69) is 23.2 Å². The van der Waals surface area contributed by atoms with Crippen LogP contribution in [0.15, 0.2) is 12.1 Å². The summed E-state index contributed by atoms with van der Waals surface area (Å²) in [5, 5.41) is 0. The zero-order valence-corrected chi connectivity index (χ0v) is 8.69. The molecule has 0 unspecified atom stereocenters. The molecule has 0 N–H and O–H groups in total. The number of hydrogen-bond acceptors (Lipinski definition) is 0. The molecule has 90 valence electrons. The lowest BCUT2D eigenvalue weighted by atomic mass is 10.1. The molecule has 0 nitrogen and oxygen atoms in total. The van der Waals surface area contributed by atoms with Gasteiger partial charge in [-0.05, 0) is 6.07 Å². The summed E-state index contributed by atoms with van der Waals surface area (Å²) >= 11 is 8.98. The molecule has 0 fully saturated rings. The topological polar surface area (TPSA) is 0 Å². The molecule has 8 heteroatoms. The average molecular weight is 283 g/mol. The third-order valence-corrected chi connectivity index (χ3v) is 2.18. The van der Waals surface area contributed by atoms with E-state index in [0.29, 0.717) is 0 Å². The van der Waals surface area contributed by atoms with E-state index in [-0.39, 0.29) is 12.1 Å². The molecule has 0 aromatic heterocycles. The van der Waals surface area contributed by atoms with E-state index in [1.54, 1.807) is 0 Å². The molecular formula is C8H2Cl2F6. The lowest BCUT2D eigenvalue weighted by molar-refractivity contribution is -0.0680. The molecule has 0 aliphatic carbocycles. The summed E-state index contributed by atoms with van der Waals surface area (Å²) in [6.07, 6.45) is 0. The maximum Gasteiger partial charge on any atom is 0.337 e. The molecule has 0 heterocycles. The molecule has 0 atom stereocenters. The van der Waals surface area contributed by atoms with Gasteiger partial charge in [0.25, 0.3) is 0 Å². The number of hydrogen-bond donors (Lipinski definition) is 0. The van der Waals surface area contributed by atoms with Crippen molar-refractivity contribution < 1.29 is 26.3 Å². The van der Waals surface area contributed by atoms with Crippen LogP contribution >= 0.6 is 23.2 Å². The minimum Gasteiger partial charge on any atom is -0.206 e. The van der Waals surface area contributed by atoms with E-state index in [4.69, 9.17) is 0 Å². The summed E-state index contributed by atoms with van der Waals surface area (Å²) < 4.78 is 72.6. The molecular weight excluding hydrogens is 281 g/mol. The first kappa shape index (κ1) is 13.4. The molecule has 0 spiro atoms. The second kappa shape index (κ2) is 4.00. The highest BCUT2D eigenvalue weighted by Crippen LogP contribution is 2.48. The zero-order valence-electron chi connectivity index (χ0n) is 7.18. The lowest BCUT2D eigenvalue weighted by Gasteiger charge is -2.23. The van der Waals surface area contributed by atoms with Crippen LogP contribution in [-0.4, -0.2) is 4.59 Å². The Morgan fingerprint density at radius 2 is 1.25 bits per heavy atom. The van der Waals surface area contributed by atoms with Crippen LogP contribution in [0.1, 0.15) is 5.56 Å². The van der Waals surface area contributed by atoms with E-state index in [9.17, 15) is 26.3 Å². The highest BCUT2D eigenvalue weighted by Gasteiger charge is 2.55. The molecule has 1 aromatic rings. The summed E-state index contributed by atoms with van der Waals surface area (Å²) in [5.74, 6) is -10.0. The third-order valence-electron chi connectivity index (χ3n) is 1.70. The Kier molecular flexibility index (Phi) is 3.36. The molecule has 0 aliphatic rings. The number of rotatable bonds is 2. The predicted molar refractivity (Wildman–Crippen MR) is 45.8 cm³/mol. The summed E-state index contributed by atoms with van der Waals surface area (Å²) in [6, 6.07) is -0.359. The highest BCUT2D eigenvalue weighted by atomic mass is 35.5. The van der Waals surface area contributed by atoms with E-state index in [0.717, 1.165) is 0 Å². The average Bonchev–Trinajstić information content (AvgIpc) is 2.09. The van der Waals surface area contributed by atoms with Gasteiger partial charge in [-0.2, -0.15) is 8.78 Å². The Hall–Kier alpha value is -0.620. The summed E-state index contributed by atoms with van der Waals surface area (Å²) in [6.45, 7) is 0. The second-order valence-corrected chi connectivity index (χ2v) is 4.05. The van der Waals surface area contributed by atoms with Crippen LogP contribution in [0.25, 0.3) is 0 Å². The van der Waals surface area contributed by atoms with E-state index in [1.807, 2.05) is 0 Å². The molecule has 0 saturated carbocycles. The number of halogens is 8. The van der Waals surface area contributed by atoms with Crippen LogP contribution in [0.4, 0.5) is 26.3 Å². The van der Waals surface area contributed by atoms with Crippen molar-refractivity contribution in [2.24, 2.45) is 0 Å². The fourth-order valence-corrected chi connectivity index (χ4v) is 1.12. The third kappa shape index (κ3) is 2.22. The van der Waals surface area contributed by atoms with Crippen LogP contribution in [-0.2, 0) is 5.92 Å². The van der Waals surface area contributed by atoms with Gasteiger partial charge < -0.3 is 0 Å². The van der Waals surface area contributed by atoms with Crippen LogP contribution in [0.3, 0.4) is 0 Å². The van der Waals surface area contributed by atoms with E-state index < -0.39 is 33.5 Å². The van der Waals surface area contributed by atoms with Crippen LogP contribution in [0.2, 0.25) is 0 Å². The minimum atomic E-state index is -4.71. The minimum absolute atomic E-state index is 0.155. The van der Waals surface area contributed by atoms with Gasteiger partial charge >= 0.3 is 10.5 Å². The first-order chi connectivity index (χ1) is 7.07. The molecule has 1 rings (SSSR count). The van der Waals surface area contributed by atoms with Gasteiger partial charge in [-0.1, -0.05) is 23.2 Å². The number of benzene rings is 1. The van der Waals surface area contributed by atoms with Gasteiger partial charge in [-0.25, -0.2) is 17.6 Å². The smallest absolute Gasteiger partial charge is 0.206 e. The van der Waals surface area contributed by atoms with Gasteiger partial charge in [0, 0.05) is 6.07 Å². The second-order valence-electron chi connectivity index (χ2n) is 2.82. The molecule has 0 aliphatic heterocycles. The predicted octanol–water partition coefficient (Wildman–Crippen LogP) is 4.30. The van der Waals surface area contributed by atoms with Gasteiger partial charge in [0.15, 0.2) is 11.6 Å². The lowest BCUT2D eigenvalue weighted by Crippen LogP contribution is -2.32. The quantitative estimate of drug-likeness (QED) is 0.431. The summed E-state index contributed by atoms with van der Waals surface area (Å²) in [4.78, 5) is 0. The Morgan fingerprint density at radius 3 is 1.69 bits per heavy atom. The molecule has 1 aromatic carbocycles. The normalized spacial score (nSPS) is 13.0. The Morgan fingerprint density at radius 1 is 0.812 bits per heavy atom. The van der Waals surface area contributed by atoms with Crippen LogP contribution < -0.4 is 0 Å². The van der Waals surface area contributed by atoms with Gasteiger partial charge in [0.2, 0.25) is 0 Å². The summed E-state index contributed by atoms with van der Waals surface area (Å²) in [7, 11) is 0. The molecule has 0 bridgehead atoms. The van der Waals surface area contributed by atoms with Crippen molar-refractivity contribution in [1.82, 2.24) is 0 Å². The number of alkyl halides is 5. The Balaban J connectivity index is 3.39. The first-order valence-electron chi connectivity index (χ1n) is 3.67. The van der Waals surface area contributed by atoms with Crippen LogP contribution in [0, 0.1) is 17.5 Å². The van der Waals surface area contributed by atoms with Crippen LogP contribution in [0.5, 0.6) is 0 Å². The molecule has 0 radical (unpaired) electrons. The largest absolute Gasteiger partial charge is 0.337 e. The summed E-state index contributed by atoms with van der Waals surface area (Å²) in [5.41, 5.74) is -1.76. The maximum absolute atomic E-state index is 13.1. The van der Waals surface area contributed by atoms with Gasteiger partial charge in [0.1, 0.15) is 5.82 Å². The highest BCUT2D eigenvalue weighted by molar-refractivity contribution is 6.47. The Bertz CT molecular complexity index is 412. The first-order valence-corrected chi connectivity index (χ1v) is 4.42.